The first-order valence-electron chi connectivity index (χ1n) is 46.0. The number of carbonyl (C=O) groups is 4. The van der Waals surface area contributed by atoms with Crippen LogP contribution < -0.4 is 5.32 Å². The van der Waals surface area contributed by atoms with Crippen molar-refractivity contribution >= 4 is 70.3 Å². The van der Waals surface area contributed by atoms with Crippen molar-refractivity contribution in [3.8, 4) is 6.07 Å². The second kappa shape index (κ2) is 67.9. The van der Waals surface area contributed by atoms with E-state index in [4.69, 9.17) is 121 Å². The van der Waals surface area contributed by atoms with E-state index in [0.29, 0.717) is 77.4 Å². The molecular formula is C83H158N2O40P6. The topological polar surface area (TPSA) is 538 Å². The van der Waals surface area contributed by atoms with Crippen molar-refractivity contribution in [3.05, 3.63) is 0 Å². The molecule has 3 rings (SSSR count). The van der Waals surface area contributed by atoms with Gasteiger partial charge in [-0.05, 0) is 119 Å². The van der Waals surface area contributed by atoms with Crippen molar-refractivity contribution in [2.45, 2.75) is 255 Å². The molecule has 770 valence electrons. The first-order valence-corrected chi connectivity index (χ1v) is 55.8. The largest absolute Gasteiger partial charge is 0.472 e. The first-order chi connectivity index (χ1) is 62.0. The SMILES string of the molecule is CCOP(=O)(CCCC#N)OCC(COCCCOP(C)(=O)O)COCCCOP(=O)(O)OCC(COCCCOP(=O)(O)OCCCCCCO[C@@H]1OC(COC(C)=O)[C@H](C)[C@H](C)C1C)(COCCCOP(=O)(O)OCCCCCCO[C@@H]1OC(COC(C)=O)[C@H](C)[C@H](C)C1C)COCCCOP(=O)(O)OCCCCCCO[C@@H]1OC(COC(C)=O)[C@H](C)[C@H](C)C1NC(C)=O. The summed E-state index contributed by atoms with van der Waals surface area (Å²) in [6.45, 7) is 22.1. The monoisotopic (exact) mass is 2010 g/mol. The molecule has 3 heterocycles. The highest BCUT2D eigenvalue weighted by molar-refractivity contribution is 7.53. The number of unbranched alkanes of at least 4 members (excludes halogenated alkanes) is 10. The Labute approximate surface area is 775 Å². The number of phosphoric acid groups is 4. The fraction of sp³-hybridized carbons (Fsp3) is 0.940. The van der Waals surface area contributed by atoms with Gasteiger partial charge >= 0.3 is 64.4 Å². The number of amides is 1. The summed E-state index contributed by atoms with van der Waals surface area (Å²) in [7, 11) is -26.0. The van der Waals surface area contributed by atoms with Gasteiger partial charge in [0.1, 0.15) is 19.8 Å². The second-order valence-corrected chi connectivity index (χ2v) is 43.7. The van der Waals surface area contributed by atoms with Gasteiger partial charge in [0.15, 0.2) is 18.9 Å². The highest BCUT2D eigenvalue weighted by atomic mass is 31.2. The maximum absolute atomic E-state index is 13.9. The third-order valence-electron chi connectivity index (χ3n) is 22.5. The lowest BCUT2D eigenvalue weighted by atomic mass is 9.79. The number of carbonyl (C=O) groups excluding carboxylic acids is 4. The zero-order chi connectivity index (χ0) is 97.4. The highest BCUT2D eigenvalue weighted by Gasteiger charge is 2.45. The fourth-order valence-electron chi connectivity index (χ4n) is 14.0. The quantitative estimate of drug-likeness (QED) is 0.0142. The Hall–Kier alpha value is -2.33. The van der Waals surface area contributed by atoms with E-state index in [1.807, 2.05) is 19.9 Å². The number of ether oxygens (including phenoxy) is 14. The molecule has 0 aromatic rings. The number of hydrogen-bond acceptors (Lipinski definition) is 36. The molecule has 22 atom stereocenters. The van der Waals surface area contributed by atoms with Crippen LogP contribution in [-0.2, 0) is 163 Å². The van der Waals surface area contributed by atoms with E-state index in [1.54, 1.807) is 6.92 Å². The summed E-state index contributed by atoms with van der Waals surface area (Å²) in [5, 5.41) is 12.0. The lowest BCUT2D eigenvalue weighted by Gasteiger charge is -2.44. The average molecular weight is 2010 g/mol. The van der Waals surface area contributed by atoms with Gasteiger partial charge in [-0.1, -0.05) is 93.9 Å². The van der Waals surface area contributed by atoms with Gasteiger partial charge in [-0.25, -0.2) is 18.3 Å². The third-order valence-corrected chi connectivity index (χ3v) is 29.3. The lowest BCUT2D eigenvalue weighted by molar-refractivity contribution is -0.255. The summed E-state index contributed by atoms with van der Waals surface area (Å²) in [4.78, 5) is 99.3. The smallest absolute Gasteiger partial charge is 0.463 e. The van der Waals surface area contributed by atoms with Crippen LogP contribution in [0.2, 0.25) is 0 Å². The van der Waals surface area contributed by atoms with E-state index < -0.39 is 101 Å². The summed E-state index contributed by atoms with van der Waals surface area (Å²) in [5.74, 6) is -1.14. The molecule has 0 radical (unpaired) electrons. The Kier molecular flexibility index (Phi) is 63.7. The van der Waals surface area contributed by atoms with Crippen LogP contribution >= 0.6 is 46.5 Å². The van der Waals surface area contributed by atoms with Crippen molar-refractivity contribution in [3.63, 3.8) is 0 Å². The minimum absolute atomic E-state index is 0.00828. The Balaban J connectivity index is 1.73. The Morgan fingerprint density at radius 3 is 1.03 bits per heavy atom. The number of hydrogen-bond donors (Lipinski definition) is 6. The van der Waals surface area contributed by atoms with Crippen molar-refractivity contribution in [2.75, 3.05) is 191 Å². The van der Waals surface area contributed by atoms with Gasteiger partial charge in [-0.2, -0.15) is 5.26 Å². The third kappa shape index (κ3) is 56.6. The molecule has 3 aliphatic rings. The molecule has 1 amide bonds. The summed E-state index contributed by atoms with van der Waals surface area (Å²) in [5.41, 5.74) is -1.52. The van der Waals surface area contributed by atoms with Gasteiger partial charge in [-0.15, -0.1) is 0 Å². The van der Waals surface area contributed by atoms with Gasteiger partial charge in [0, 0.05) is 111 Å². The molecule has 3 aliphatic heterocycles. The van der Waals surface area contributed by atoms with E-state index >= 15 is 0 Å². The van der Waals surface area contributed by atoms with Crippen LogP contribution in [0.25, 0.3) is 0 Å². The van der Waals surface area contributed by atoms with Crippen molar-refractivity contribution in [1.82, 2.24) is 5.32 Å². The van der Waals surface area contributed by atoms with Gasteiger partial charge in [-0.3, -0.25) is 64.5 Å². The number of phosphoric ester groups is 4. The molecule has 131 heavy (non-hydrogen) atoms. The zero-order valence-electron chi connectivity index (χ0n) is 79.6. The lowest BCUT2D eigenvalue weighted by Crippen LogP contribution is -2.58. The number of rotatable bonds is 80. The minimum Gasteiger partial charge on any atom is -0.463 e. The van der Waals surface area contributed by atoms with Crippen LogP contribution in [-0.4, -0.2) is 283 Å². The van der Waals surface area contributed by atoms with E-state index in [-0.39, 0.29) is 287 Å². The maximum atomic E-state index is 13.9. The molecule has 0 aliphatic carbocycles. The molecule has 0 aromatic carbocycles. The van der Waals surface area contributed by atoms with Crippen LogP contribution in [0, 0.1) is 70.0 Å². The molecular weight excluding hydrogens is 1850 g/mol. The van der Waals surface area contributed by atoms with E-state index in [9.17, 15) is 71.0 Å². The predicted octanol–water partition coefficient (Wildman–Crippen LogP) is 13.7. The standard InChI is InChI=1S/C83H158N2O40P6/c1-15-112-127(92,52-29-22-35-84)121-55-75(53-101-36-30-47-113-126(14,90)91)54-102-37-31-48-120-131(99,100)122-62-83(59-103-38-32-49-117-128(93,94)114-44-26-19-16-23-41-106-80-69(8)63(2)65(4)76(123-80)56-109-72(11)87,60-104-39-33-50-118-129(95,96)115-45-27-20-17-24-42-107-81-70(9)64(3)66(5)77(124-81)57-110-73(12)88)61-105-40-34-51-119-130(97,98)116-46-28-21-18-25-43-108-82-79(85-71(10)86)68(7)67(6)78(125-82)58-111-74(13)89/h63-70,75-82H,15-34,36-62H2,1-14H3,(H,85,86)(H,90,91)(H,93,94)(H,95,96)(H,97,98)(H,99,100)/t63-,64-,65+,66+,67+,68-,69?,70?,75?,76?,77?,78?,79?,80+,81+,82+,83?,127?/m0/s1. The van der Waals surface area contributed by atoms with Crippen molar-refractivity contribution in [2.24, 2.45) is 58.7 Å². The number of esters is 3. The van der Waals surface area contributed by atoms with Gasteiger partial charge in [0.2, 0.25) is 5.91 Å². The van der Waals surface area contributed by atoms with E-state index in [0.717, 1.165) is 19.5 Å². The molecule has 0 spiro atoms. The maximum Gasteiger partial charge on any atom is 0.472 e. The van der Waals surface area contributed by atoms with E-state index in [1.165, 1.54) is 27.7 Å². The van der Waals surface area contributed by atoms with Crippen LogP contribution in [0.1, 0.15) is 212 Å². The predicted molar refractivity (Wildman–Crippen MR) is 477 cm³/mol. The number of nitriles is 1. The van der Waals surface area contributed by atoms with Crippen LogP contribution in [0.3, 0.4) is 0 Å². The second-order valence-electron chi connectivity index (χ2n) is 33.9. The molecule has 3 saturated heterocycles. The molecule has 0 bridgehead atoms. The normalized spacial score (nSPS) is 25.9. The minimum atomic E-state index is -4.99. The summed E-state index contributed by atoms with van der Waals surface area (Å²) >= 11 is 0. The van der Waals surface area contributed by atoms with Crippen molar-refractivity contribution in [1.29, 1.82) is 5.26 Å². The van der Waals surface area contributed by atoms with Crippen molar-refractivity contribution < 1.29 is 187 Å². The first kappa shape index (κ1) is 123. The van der Waals surface area contributed by atoms with Crippen LogP contribution in [0.4, 0.5) is 0 Å². The summed E-state index contributed by atoms with van der Waals surface area (Å²) in [6, 6.07) is 1.55. The average Bonchev–Trinajstić information content (AvgIpc) is 0.789. The van der Waals surface area contributed by atoms with Gasteiger partial charge in [0.25, 0.3) is 0 Å². The Morgan fingerprint density at radius 2 is 0.687 bits per heavy atom. The molecule has 13 unspecified atom stereocenters. The molecule has 6 N–H and O–H groups in total. The van der Waals surface area contributed by atoms with E-state index in [2.05, 4.69) is 46.9 Å². The van der Waals surface area contributed by atoms with Crippen LogP contribution in [0.5, 0.6) is 0 Å². The Bertz CT molecular complexity index is 3360. The molecule has 48 heteroatoms. The van der Waals surface area contributed by atoms with Crippen LogP contribution in [0.15, 0.2) is 0 Å². The summed E-state index contributed by atoms with van der Waals surface area (Å²) in [6.07, 6.45) is 5.08. The molecule has 3 fully saturated rings. The number of nitrogens with one attached hydrogen (secondary N) is 1. The number of nitrogens with zero attached hydrogens (tertiary/aromatic N) is 1. The zero-order valence-corrected chi connectivity index (χ0v) is 85.0. The van der Waals surface area contributed by atoms with Gasteiger partial charge < -0.3 is 110 Å². The van der Waals surface area contributed by atoms with Gasteiger partial charge in [0.05, 0.1) is 148 Å². The summed E-state index contributed by atoms with van der Waals surface area (Å²) < 4.78 is 220. The highest BCUT2D eigenvalue weighted by Crippen LogP contribution is 2.51. The molecule has 42 nitrogen and oxygen atoms in total. The Morgan fingerprint density at radius 1 is 0.366 bits per heavy atom. The molecule has 0 saturated carbocycles. The molecule has 0 aromatic heterocycles. The fourth-order valence-corrected chi connectivity index (χ4v) is 19.5.